The highest BCUT2D eigenvalue weighted by Crippen LogP contribution is 2.33. The Bertz CT molecular complexity index is 478. The first kappa shape index (κ1) is 14.6. The number of rotatable bonds is 2. The number of hydrogen-bond acceptors (Lipinski definition) is 5. The van der Waals surface area contributed by atoms with Crippen LogP contribution in [-0.2, 0) is 14.3 Å². The Morgan fingerprint density at radius 1 is 1.52 bits per heavy atom. The summed E-state index contributed by atoms with van der Waals surface area (Å²) in [6.45, 7) is 3.23. The summed E-state index contributed by atoms with van der Waals surface area (Å²) < 4.78 is 5.39. The number of hydrogen-bond donors (Lipinski definition) is 1. The van der Waals surface area contributed by atoms with Crippen molar-refractivity contribution in [2.45, 2.75) is 25.0 Å². The Balaban J connectivity index is 1.65. The first-order valence-electron chi connectivity index (χ1n) is 7.13. The summed E-state index contributed by atoms with van der Waals surface area (Å²) in [5.41, 5.74) is -0.777. The van der Waals surface area contributed by atoms with Gasteiger partial charge in [0, 0.05) is 18.8 Å². The first-order valence-corrected chi connectivity index (χ1v) is 8.28. The van der Waals surface area contributed by atoms with Crippen molar-refractivity contribution in [2.75, 3.05) is 37.7 Å². The molecule has 0 aromatic heterocycles. The van der Waals surface area contributed by atoms with Crippen molar-refractivity contribution >= 4 is 29.6 Å². The third kappa shape index (κ3) is 2.62. The molecule has 0 aromatic carbocycles. The van der Waals surface area contributed by atoms with Gasteiger partial charge in [-0.05, 0) is 19.1 Å². The molecule has 3 saturated heterocycles. The highest BCUT2D eigenvalue weighted by molar-refractivity contribution is 7.99. The van der Waals surface area contributed by atoms with E-state index in [1.807, 2.05) is 6.92 Å². The maximum atomic E-state index is 12.5. The molecule has 3 fully saturated rings. The van der Waals surface area contributed by atoms with E-state index in [4.69, 9.17) is 4.74 Å². The third-order valence-corrected chi connectivity index (χ3v) is 5.34. The molecule has 3 rings (SSSR count). The zero-order valence-corrected chi connectivity index (χ0v) is 12.8. The van der Waals surface area contributed by atoms with E-state index < -0.39 is 11.6 Å². The Kier molecular flexibility index (Phi) is 3.83. The number of thioether (sulfide) groups is 1. The molecular weight excluding hydrogens is 294 g/mol. The molecule has 8 heteroatoms. The number of imide groups is 1. The van der Waals surface area contributed by atoms with Gasteiger partial charge in [0.2, 0.25) is 5.91 Å². The number of morpholine rings is 1. The van der Waals surface area contributed by atoms with Crippen LogP contribution in [0.3, 0.4) is 0 Å². The van der Waals surface area contributed by atoms with Crippen molar-refractivity contribution in [1.29, 1.82) is 0 Å². The van der Waals surface area contributed by atoms with E-state index in [2.05, 4.69) is 5.32 Å². The molecule has 0 unspecified atom stereocenters. The lowest BCUT2D eigenvalue weighted by Gasteiger charge is -2.32. The van der Waals surface area contributed by atoms with Gasteiger partial charge in [-0.1, -0.05) is 0 Å². The maximum absolute atomic E-state index is 12.5. The minimum Gasteiger partial charge on any atom is -0.375 e. The molecule has 3 aliphatic heterocycles. The number of amides is 4. The van der Waals surface area contributed by atoms with Gasteiger partial charge in [0.1, 0.15) is 12.1 Å². The van der Waals surface area contributed by atoms with Crippen molar-refractivity contribution in [3.05, 3.63) is 0 Å². The van der Waals surface area contributed by atoms with Crippen LogP contribution in [0.25, 0.3) is 0 Å². The molecule has 116 valence electrons. The monoisotopic (exact) mass is 313 g/mol. The van der Waals surface area contributed by atoms with Gasteiger partial charge in [-0.2, -0.15) is 11.8 Å². The molecule has 3 aliphatic rings. The molecule has 0 saturated carbocycles. The number of nitrogens with zero attached hydrogens (tertiary/aromatic N) is 2. The Morgan fingerprint density at radius 3 is 3.00 bits per heavy atom. The lowest BCUT2D eigenvalue weighted by molar-refractivity contribution is -0.142. The zero-order valence-electron chi connectivity index (χ0n) is 12.0. The average molecular weight is 313 g/mol. The molecule has 1 spiro atoms. The van der Waals surface area contributed by atoms with Crippen LogP contribution in [-0.4, -0.2) is 77.0 Å². The second-order valence-electron chi connectivity index (χ2n) is 5.73. The highest BCUT2D eigenvalue weighted by Gasteiger charge is 2.53. The van der Waals surface area contributed by atoms with Crippen molar-refractivity contribution < 1.29 is 19.1 Å². The molecule has 0 bridgehead atoms. The molecule has 4 amide bonds. The molecule has 21 heavy (non-hydrogen) atoms. The Morgan fingerprint density at radius 2 is 2.33 bits per heavy atom. The standard InChI is InChI=1S/C13H19N3O4S/c1-9-6-15(3-4-20-9)10(17)7-16-11(18)13(14-12(16)19)2-5-21-8-13/h9H,2-8H2,1H3,(H,14,19)/t9-,13-/m0/s1. The summed E-state index contributed by atoms with van der Waals surface area (Å²) in [7, 11) is 0. The van der Waals surface area contributed by atoms with Gasteiger partial charge in [0.05, 0.1) is 12.7 Å². The van der Waals surface area contributed by atoms with E-state index in [0.29, 0.717) is 31.9 Å². The summed E-state index contributed by atoms with van der Waals surface area (Å²) in [5, 5.41) is 2.77. The predicted octanol–water partition coefficient (Wildman–Crippen LogP) is -0.339. The molecule has 2 atom stereocenters. The number of carbonyl (C=O) groups excluding carboxylic acids is 3. The van der Waals surface area contributed by atoms with E-state index in [1.54, 1.807) is 16.7 Å². The zero-order chi connectivity index (χ0) is 15.0. The molecule has 1 N–H and O–H groups in total. The topological polar surface area (TPSA) is 79.0 Å². The summed E-state index contributed by atoms with van der Waals surface area (Å²) >= 11 is 1.65. The fraction of sp³-hybridized carbons (Fsp3) is 0.769. The number of carbonyl (C=O) groups is 3. The van der Waals surface area contributed by atoms with E-state index >= 15 is 0 Å². The second-order valence-corrected chi connectivity index (χ2v) is 6.83. The van der Waals surface area contributed by atoms with Crippen LogP contribution in [0, 0.1) is 0 Å². The van der Waals surface area contributed by atoms with E-state index in [9.17, 15) is 14.4 Å². The van der Waals surface area contributed by atoms with Crippen LogP contribution in [0.4, 0.5) is 4.79 Å². The van der Waals surface area contributed by atoms with E-state index in [1.165, 1.54) is 0 Å². The number of urea groups is 1. The molecule has 0 radical (unpaired) electrons. The third-order valence-electron chi connectivity index (χ3n) is 4.15. The molecular formula is C13H19N3O4S. The Hall–Kier alpha value is -1.28. The van der Waals surface area contributed by atoms with Gasteiger partial charge in [0.15, 0.2) is 0 Å². The van der Waals surface area contributed by atoms with Crippen LogP contribution in [0.15, 0.2) is 0 Å². The lowest BCUT2D eigenvalue weighted by atomic mass is 9.99. The van der Waals surface area contributed by atoms with Crippen molar-refractivity contribution in [2.24, 2.45) is 0 Å². The molecule has 0 aromatic rings. The Labute approximate surface area is 127 Å². The minimum absolute atomic E-state index is 0.0108. The number of nitrogens with one attached hydrogen (secondary N) is 1. The fourth-order valence-electron chi connectivity index (χ4n) is 2.93. The number of ether oxygens (including phenoxy) is 1. The highest BCUT2D eigenvalue weighted by atomic mass is 32.2. The van der Waals surface area contributed by atoms with Crippen molar-refractivity contribution in [3.8, 4) is 0 Å². The summed E-state index contributed by atoms with van der Waals surface area (Å²) in [6.07, 6.45) is 0.630. The van der Waals surface area contributed by atoms with Gasteiger partial charge in [0.25, 0.3) is 5.91 Å². The normalized spacial score (nSPS) is 32.9. The van der Waals surface area contributed by atoms with Gasteiger partial charge < -0.3 is 15.0 Å². The largest absolute Gasteiger partial charge is 0.375 e. The van der Waals surface area contributed by atoms with Crippen LogP contribution in [0.1, 0.15) is 13.3 Å². The average Bonchev–Trinajstić information content (AvgIpc) is 3.00. The molecule has 0 aliphatic carbocycles. The van der Waals surface area contributed by atoms with Crippen LogP contribution in [0.5, 0.6) is 0 Å². The van der Waals surface area contributed by atoms with Crippen LogP contribution in [0.2, 0.25) is 0 Å². The minimum atomic E-state index is -0.777. The van der Waals surface area contributed by atoms with Crippen molar-refractivity contribution in [3.63, 3.8) is 0 Å². The van der Waals surface area contributed by atoms with Gasteiger partial charge in [-0.25, -0.2) is 4.79 Å². The van der Waals surface area contributed by atoms with Crippen LogP contribution >= 0.6 is 11.8 Å². The second kappa shape index (κ2) is 5.49. The summed E-state index contributed by atoms with van der Waals surface area (Å²) in [4.78, 5) is 39.5. The van der Waals surface area contributed by atoms with Gasteiger partial charge in [-0.3, -0.25) is 14.5 Å². The van der Waals surface area contributed by atoms with Crippen LogP contribution < -0.4 is 5.32 Å². The predicted molar refractivity (Wildman–Crippen MR) is 76.9 cm³/mol. The molecule has 3 heterocycles. The van der Waals surface area contributed by atoms with Gasteiger partial charge in [-0.15, -0.1) is 0 Å². The smallest absolute Gasteiger partial charge is 0.325 e. The van der Waals surface area contributed by atoms with Crippen molar-refractivity contribution in [1.82, 2.24) is 15.1 Å². The fourth-order valence-corrected chi connectivity index (χ4v) is 4.26. The van der Waals surface area contributed by atoms with Gasteiger partial charge >= 0.3 is 6.03 Å². The first-order chi connectivity index (χ1) is 10.0. The van der Waals surface area contributed by atoms with E-state index in [-0.39, 0.29) is 24.5 Å². The maximum Gasteiger partial charge on any atom is 0.325 e. The molecule has 7 nitrogen and oxygen atoms in total. The van der Waals surface area contributed by atoms with E-state index in [0.717, 1.165) is 10.7 Å². The lowest BCUT2D eigenvalue weighted by Crippen LogP contribution is -2.50. The summed E-state index contributed by atoms with van der Waals surface area (Å²) in [5.74, 6) is 0.995. The quantitative estimate of drug-likeness (QED) is 0.706. The SMILES string of the molecule is C[C@H]1CN(C(=O)CN2C(=O)N[C@]3(CCSC3)C2=O)CCO1. The summed E-state index contributed by atoms with van der Waals surface area (Å²) in [6, 6.07) is -0.447.